The predicted octanol–water partition coefficient (Wildman–Crippen LogP) is 5.39. The fourth-order valence-corrected chi connectivity index (χ4v) is 2.86. The first kappa shape index (κ1) is 30.2. The molecule has 0 saturated heterocycles. The van der Waals surface area contributed by atoms with Gasteiger partial charge in [-0.15, -0.1) is 0 Å². The van der Waals surface area contributed by atoms with Gasteiger partial charge in [0, 0.05) is 17.3 Å². The summed E-state index contributed by atoms with van der Waals surface area (Å²) in [7, 11) is 0. The van der Waals surface area contributed by atoms with E-state index in [0.29, 0.717) is 10.0 Å². The average Bonchev–Trinajstić information content (AvgIpc) is 2.70. The van der Waals surface area contributed by atoms with Gasteiger partial charge in [0.15, 0.2) is 5.75 Å². The highest BCUT2D eigenvalue weighted by atomic mass is 35.5. The molecule has 31 heavy (non-hydrogen) atoms. The second-order valence-electron chi connectivity index (χ2n) is 4.46. The quantitative estimate of drug-likeness (QED) is 0.203. The van der Waals surface area contributed by atoms with E-state index in [9.17, 15) is 8.42 Å². The van der Waals surface area contributed by atoms with Crippen LogP contribution in [0, 0.1) is 0 Å². The normalized spacial score (nSPS) is 11.5. The summed E-state index contributed by atoms with van der Waals surface area (Å²) in [5.41, 5.74) is 0. The van der Waals surface area contributed by atoms with Crippen molar-refractivity contribution in [2.24, 2.45) is 11.1 Å². The third-order valence-electron chi connectivity index (χ3n) is 2.38. The number of isocyanates is 1. The molecule has 2 aromatic rings. The van der Waals surface area contributed by atoms with Gasteiger partial charge in [-0.1, -0.05) is 69.6 Å². The lowest BCUT2D eigenvalue weighted by atomic mass is 10.3. The van der Waals surface area contributed by atoms with Crippen molar-refractivity contribution in [2.45, 2.75) is 0 Å². The van der Waals surface area contributed by atoms with Crippen LogP contribution in [0.3, 0.4) is 0 Å². The first-order chi connectivity index (χ1) is 14.4. The first-order valence-corrected chi connectivity index (χ1v) is 11.7. The zero-order valence-electron chi connectivity index (χ0n) is 14.8. The molecule has 9 nitrogen and oxygen atoms in total. The average molecular weight is 595 g/mol. The summed E-state index contributed by atoms with van der Waals surface area (Å²) in [4.78, 5) is 9.16. The third kappa shape index (κ3) is 12.7. The van der Waals surface area contributed by atoms with Crippen LogP contribution in [0.25, 0.3) is 0 Å². The number of hydrogen-bond donors (Lipinski definition) is 2. The Morgan fingerprint density at radius 1 is 0.903 bits per heavy atom. The Hall–Kier alpha value is -0.820. The smallest absolute Gasteiger partial charge is 0.377 e. The highest BCUT2D eigenvalue weighted by Crippen LogP contribution is 2.34. The van der Waals surface area contributed by atoms with Crippen LogP contribution in [0.1, 0.15) is 0 Å². The molecule has 0 aromatic heterocycles. The van der Waals surface area contributed by atoms with Gasteiger partial charge in [-0.3, -0.25) is 4.28 Å². The first-order valence-electron chi connectivity index (χ1n) is 6.96. The zero-order chi connectivity index (χ0) is 24.1. The topological polar surface area (TPSA) is 138 Å². The van der Waals surface area contributed by atoms with Crippen molar-refractivity contribution >= 4 is 98.1 Å². The number of rotatable bonds is 5. The van der Waals surface area contributed by atoms with Crippen molar-refractivity contribution in [1.82, 2.24) is 0 Å². The molecule has 0 saturated carbocycles. The second kappa shape index (κ2) is 15.9. The van der Waals surface area contributed by atoms with Crippen molar-refractivity contribution in [3.05, 3.63) is 54.4 Å². The van der Waals surface area contributed by atoms with Crippen LogP contribution in [0.2, 0.25) is 30.1 Å². The summed E-state index contributed by atoms with van der Waals surface area (Å²) in [5, 5.41) is 13.0. The molecule has 0 fully saturated rings. The van der Waals surface area contributed by atoms with Crippen molar-refractivity contribution in [3.63, 3.8) is 0 Å². The Balaban J connectivity index is 0.000000465. The van der Waals surface area contributed by atoms with Gasteiger partial charge in [0.1, 0.15) is 5.75 Å². The summed E-state index contributed by atoms with van der Waals surface area (Å²) in [6, 6.07) is 5.35. The van der Waals surface area contributed by atoms with E-state index < -0.39 is 22.4 Å². The second-order valence-corrected chi connectivity index (χ2v) is 8.62. The molecule has 2 atom stereocenters. The van der Waals surface area contributed by atoms with E-state index in [0.717, 1.165) is 6.08 Å². The third-order valence-corrected chi connectivity index (χ3v) is 5.18. The summed E-state index contributed by atoms with van der Waals surface area (Å²) in [5.74, 6) is 4.63. The number of carbonyl (C=O) groups excluding carboxylic acids is 1. The Labute approximate surface area is 211 Å². The number of halogens is 6. The number of phenols is 1. The van der Waals surface area contributed by atoms with Gasteiger partial charge in [-0.25, -0.2) is 9.00 Å². The van der Waals surface area contributed by atoms with E-state index in [1.54, 1.807) is 0 Å². The van der Waals surface area contributed by atoms with Crippen LogP contribution < -0.4 is 10.1 Å². The largest absolute Gasteiger partial charge is 0.506 e. The minimum atomic E-state index is -2.11. The molecule has 2 rings (SSSR count). The van der Waals surface area contributed by atoms with Gasteiger partial charge < -0.3 is 9.29 Å². The van der Waals surface area contributed by atoms with Gasteiger partial charge in [0.05, 0.1) is 36.4 Å². The molecular formula is C14H10Cl6N2O7S2. The molecule has 17 heteroatoms. The number of nitrogens with two attached hydrogens (primary N) is 1. The van der Waals surface area contributed by atoms with Gasteiger partial charge >= 0.3 is 11.4 Å². The molecule has 0 aliphatic heterocycles. The summed E-state index contributed by atoms with van der Waals surface area (Å²) < 4.78 is 33.0. The SMILES string of the molecule is CS(=O)ON=C=O.NOS(=O)Oc1cc(Cl)c(Cl)cc1Cl.Oc1cc(Cl)c(Cl)cc1Cl. The van der Waals surface area contributed by atoms with Gasteiger partial charge in [-0.2, -0.15) is 14.4 Å². The monoisotopic (exact) mass is 592 g/mol. The summed E-state index contributed by atoms with van der Waals surface area (Å²) in [6.07, 6.45) is 2.31. The zero-order valence-corrected chi connectivity index (χ0v) is 21.0. The molecule has 0 heterocycles. The van der Waals surface area contributed by atoms with E-state index in [1.807, 2.05) is 0 Å². The Bertz CT molecular complexity index is 942. The minimum absolute atomic E-state index is 0.0592. The van der Waals surface area contributed by atoms with Crippen molar-refractivity contribution in [2.75, 3.05) is 6.26 Å². The number of benzene rings is 2. The van der Waals surface area contributed by atoms with Gasteiger partial charge in [0.25, 0.3) is 6.08 Å². The van der Waals surface area contributed by atoms with Crippen LogP contribution in [-0.4, -0.2) is 25.9 Å². The molecule has 2 unspecified atom stereocenters. The van der Waals surface area contributed by atoms with Crippen LogP contribution in [0.4, 0.5) is 0 Å². The van der Waals surface area contributed by atoms with Crippen molar-refractivity contribution in [3.8, 4) is 11.5 Å². The van der Waals surface area contributed by atoms with E-state index >= 15 is 0 Å². The van der Waals surface area contributed by atoms with Crippen LogP contribution in [0.15, 0.2) is 29.4 Å². The molecule has 0 aliphatic carbocycles. The summed E-state index contributed by atoms with van der Waals surface area (Å²) in [6.45, 7) is 0. The van der Waals surface area contributed by atoms with E-state index in [1.165, 1.54) is 30.5 Å². The van der Waals surface area contributed by atoms with Gasteiger partial charge in [-0.05, 0) is 12.1 Å². The molecule has 0 aliphatic rings. The molecule has 0 radical (unpaired) electrons. The lowest BCUT2D eigenvalue weighted by Gasteiger charge is -2.05. The maximum atomic E-state index is 10.7. The summed E-state index contributed by atoms with van der Waals surface area (Å²) >= 11 is 30.0. The van der Waals surface area contributed by atoms with Crippen LogP contribution in [0.5, 0.6) is 11.5 Å². The lowest BCUT2D eigenvalue weighted by Crippen LogP contribution is -2.09. The van der Waals surface area contributed by atoms with E-state index in [2.05, 4.69) is 23.8 Å². The maximum Gasteiger partial charge on any atom is 0.377 e. The number of nitrogens with zero attached hydrogens (tertiary/aromatic N) is 1. The molecule has 172 valence electrons. The molecule has 0 spiro atoms. The van der Waals surface area contributed by atoms with Crippen LogP contribution in [-0.2, 0) is 35.8 Å². The maximum absolute atomic E-state index is 10.7. The number of hydrogen-bond acceptors (Lipinski definition) is 9. The number of phenolic OH excluding ortho intramolecular Hbond substituents is 1. The highest BCUT2D eigenvalue weighted by molar-refractivity contribution is 7.79. The molecule has 0 bridgehead atoms. The van der Waals surface area contributed by atoms with Gasteiger partial charge in [0.2, 0.25) is 11.1 Å². The Morgan fingerprint density at radius 2 is 1.39 bits per heavy atom. The highest BCUT2D eigenvalue weighted by Gasteiger charge is 2.10. The molecular weight excluding hydrogens is 585 g/mol. The number of aromatic hydroxyl groups is 1. The van der Waals surface area contributed by atoms with Crippen molar-refractivity contribution in [1.29, 1.82) is 0 Å². The standard InChI is InChI=1S/C6H4Cl3NO3S.C6H3Cl3O.C2H3NO3S/c7-3-1-5(9)6(2-4(3)8)12-14(11)13-10;7-3-1-5(9)6(10)2-4(3)8;1-7(5)6-3-2-4/h1-2H,10H2;1-2,10H;1H3. The van der Waals surface area contributed by atoms with Crippen LogP contribution >= 0.6 is 69.6 Å². The Morgan fingerprint density at radius 3 is 1.81 bits per heavy atom. The lowest BCUT2D eigenvalue weighted by molar-refractivity contribution is 0.324. The Kier molecular flexibility index (Phi) is 15.5. The fourth-order valence-electron chi connectivity index (χ4n) is 1.24. The van der Waals surface area contributed by atoms with Crippen molar-refractivity contribution < 1.29 is 31.1 Å². The van der Waals surface area contributed by atoms with E-state index in [-0.39, 0.29) is 31.6 Å². The van der Waals surface area contributed by atoms with E-state index in [4.69, 9.17) is 79.5 Å². The molecule has 0 amide bonds. The molecule has 3 N–H and O–H groups in total. The predicted molar refractivity (Wildman–Crippen MR) is 122 cm³/mol. The molecule has 2 aromatic carbocycles. The minimum Gasteiger partial charge on any atom is -0.506 e. The fraction of sp³-hybridized carbons (Fsp3) is 0.0714.